The Morgan fingerprint density at radius 2 is 1.81 bits per heavy atom. The number of anilines is 1. The Labute approximate surface area is 172 Å². The van der Waals surface area contributed by atoms with Crippen molar-refractivity contribution in [2.75, 3.05) is 18.1 Å². The number of amides is 2. The summed E-state index contributed by atoms with van der Waals surface area (Å²) in [7, 11) is 0. The van der Waals surface area contributed by atoms with E-state index >= 15 is 0 Å². The molecule has 0 aliphatic rings. The van der Waals surface area contributed by atoms with E-state index in [9.17, 15) is 19.1 Å². The molecule has 4 aromatic rings. The second-order valence-corrected chi connectivity index (χ2v) is 6.20. The fourth-order valence-corrected chi connectivity index (χ4v) is 2.98. The van der Waals surface area contributed by atoms with E-state index in [1.807, 2.05) is 12.1 Å². The zero-order chi connectivity index (χ0) is 22.5. The van der Waals surface area contributed by atoms with Crippen LogP contribution in [0, 0.1) is 0 Å². The lowest BCUT2D eigenvalue weighted by molar-refractivity contribution is 0.200. The summed E-state index contributed by atoms with van der Waals surface area (Å²) in [6, 6.07) is 12.4. The molecule has 0 saturated heterocycles. The van der Waals surface area contributed by atoms with Gasteiger partial charge in [-0.3, -0.25) is 4.79 Å². The third-order valence-electron chi connectivity index (χ3n) is 4.23. The van der Waals surface area contributed by atoms with Crippen LogP contribution in [-0.2, 0) is 0 Å². The zero-order valence-corrected chi connectivity index (χ0v) is 15.9. The first-order chi connectivity index (χ1) is 14.8. The molecule has 12 heteroatoms. The summed E-state index contributed by atoms with van der Waals surface area (Å²) in [5.74, 6) is 0.0478. The molecule has 6 N–H and O–H groups in total. The van der Waals surface area contributed by atoms with Crippen molar-refractivity contribution in [3.05, 3.63) is 52.8 Å². The number of nitrogens with one attached hydrogen (secondary N) is 2. The number of nitrogens with two attached hydrogens (primary N) is 1. The second-order valence-electron chi connectivity index (χ2n) is 6.20. The van der Waals surface area contributed by atoms with Gasteiger partial charge in [-0.15, -0.1) is 0 Å². The van der Waals surface area contributed by atoms with E-state index in [0.717, 1.165) is 10.5 Å². The lowest BCUT2D eigenvalue weighted by Crippen LogP contribution is -2.32. The van der Waals surface area contributed by atoms with Crippen molar-refractivity contribution in [1.82, 2.24) is 20.2 Å². The van der Waals surface area contributed by atoms with Crippen LogP contribution in [0.2, 0.25) is 0 Å². The molecule has 0 spiro atoms. The number of imidazole rings is 1. The van der Waals surface area contributed by atoms with Gasteiger partial charge >= 0.3 is 12.2 Å². The van der Waals surface area contributed by atoms with E-state index in [1.54, 1.807) is 30.3 Å². The average molecular weight is 428 g/mol. The first-order valence-corrected chi connectivity index (χ1v) is 8.84. The molecule has 0 saturated carbocycles. The number of alkyl halides is 1. The number of aromatic nitrogens is 4. The smallest absolute Gasteiger partial charge is 0.414 e. The SMILES string of the molecule is NC(=O)O.O=C(O)N(CCF)c1nc2ccc(-c3n[nH]c(=O)c4ccccc34)cc2[nH]1. The number of nitrogens with zero attached hydrogens (tertiary/aromatic N) is 3. The monoisotopic (exact) mass is 428 g/mol. The molecule has 4 rings (SSSR count). The van der Waals surface area contributed by atoms with Crippen molar-refractivity contribution in [2.45, 2.75) is 0 Å². The first-order valence-electron chi connectivity index (χ1n) is 8.84. The van der Waals surface area contributed by atoms with E-state index < -0.39 is 18.9 Å². The lowest BCUT2D eigenvalue weighted by Gasteiger charge is -2.13. The molecule has 0 bridgehead atoms. The number of rotatable bonds is 4. The summed E-state index contributed by atoms with van der Waals surface area (Å²) in [6.45, 7) is -1.13. The topological polar surface area (TPSA) is 178 Å². The van der Waals surface area contributed by atoms with Crippen molar-refractivity contribution in [3.63, 3.8) is 0 Å². The highest BCUT2D eigenvalue weighted by Crippen LogP contribution is 2.27. The Morgan fingerprint density at radius 1 is 1.13 bits per heavy atom. The van der Waals surface area contributed by atoms with E-state index in [0.29, 0.717) is 27.5 Å². The molecule has 2 aromatic carbocycles. The number of aromatic amines is 2. The number of fused-ring (bicyclic) bond motifs is 2. The van der Waals surface area contributed by atoms with Gasteiger partial charge in [0.1, 0.15) is 6.67 Å². The normalized spacial score (nSPS) is 10.5. The third kappa shape index (κ3) is 4.58. The Bertz CT molecular complexity index is 1310. The molecular weight excluding hydrogens is 411 g/mol. The lowest BCUT2D eigenvalue weighted by atomic mass is 10.0. The molecule has 2 amide bonds. The Kier molecular flexibility index (Phi) is 6.10. The van der Waals surface area contributed by atoms with Gasteiger partial charge in [0.05, 0.1) is 28.7 Å². The van der Waals surface area contributed by atoms with E-state index in [1.165, 1.54) is 0 Å². The number of carbonyl (C=O) groups is 2. The third-order valence-corrected chi connectivity index (χ3v) is 4.23. The maximum Gasteiger partial charge on any atom is 0.414 e. The predicted octanol–water partition coefficient (Wildman–Crippen LogP) is 2.54. The van der Waals surface area contributed by atoms with E-state index in [2.05, 4.69) is 25.9 Å². The second kappa shape index (κ2) is 8.90. The fraction of sp³-hybridized carbons (Fsp3) is 0.105. The van der Waals surface area contributed by atoms with Crippen molar-refractivity contribution in [2.24, 2.45) is 5.73 Å². The van der Waals surface area contributed by atoms with Crippen molar-refractivity contribution in [1.29, 1.82) is 0 Å². The minimum absolute atomic E-state index is 0.0478. The van der Waals surface area contributed by atoms with Crippen LogP contribution < -0.4 is 16.2 Å². The molecule has 0 aliphatic carbocycles. The van der Waals surface area contributed by atoms with Crippen LogP contribution in [-0.4, -0.2) is 55.8 Å². The van der Waals surface area contributed by atoms with E-state index in [-0.39, 0.29) is 18.1 Å². The summed E-state index contributed by atoms with van der Waals surface area (Å²) >= 11 is 0. The maximum atomic E-state index is 12.6. The molecule has 2 aromatic heterocycles. The van der Waals surface area contributed by atoms with Gasteiger partial charge in [-0.05, 0) is 18.2 Å². The zero-order valence-electron chi connectivity index (χ0n) is 15.9. The van der Waals surface area contributed by atoms with Gasteiger partial charge in [-0.25, -0.2) is 29.0 Å². The fourth-order valence-electron chi connectivity index (χ4n) is 2.98. The predicted molar refractivity (Wildman–Crippen MR) is 111 cm³/mol. The van der Waals surface area contributed by atoms with Crippen molar-refractivity contribution >= 4 is 39.9 Å². The molecule has 0 atom stereocenters. The molecule has 0 radical (unpaired) electrons. The van der Waals surface area contributed by atoms with Crippen LogP contribution in [0.15, 0.2) is 47.3 Å². The molecule has 160 valence electrons. The van der Waals surface area contributed by atoms with Gasteiger partial charge in [-0.2, -0.15) is 5.10 Å². The summed E-state index contributed by atoms with van der Waals surface area (Å²) in [4.78, 5) is 39.9. The van der Waals surface area contributed by atoms with Crippen LogP contribution in [0.4, 0.5) is 19.9 Å². The Balaban J connectivity index is 0.000000628. The first kappa shape index (κ1) is 21.2. The van der Waals surface area contributed by atoms with Crippen LogP contribution >= 0.6 is 0 Å². The van der Waals surface area contributed by atoms with Crippen LogP contribution in [0.25, 0.3) is 33.1 Å². The number of H-pyrrole nitrogens is 2. The van der Waals surface area contributed by atoms with Crippen LogP contribution in [0.1, 0.15) is 0 Å². The Hall–Kier alpha value is -4.48. The summed E-state index contributed by atoms with van der Waals surface area (Å²) in [5.41, 5.74) is 6.17. The maximum absolute atomic E-state index is 12.6. The molecule has 0 aliphatic heterocycles. The molecular formula is C19H17FN6O5. The minimum atomic E-state index is -1.33. The molecule has 31 heavy (non-hydrogen) atoms. The van der Waals surface area contributed by atoms with Crippen molar-refractivity contribution in [3.8, 4) is 11.3 Å². The quantitative estimate of drug-likeness (QED) is 0.331. The number of hydrogen-bond donors (Lipinski definition) is 5. The summed E-state index contributed by atoms with van der Waals surface area (Å²) < 4.78 is 12.6. The van der Waals surface area contributed by atoms with Crippen molar-refractivity contribution < 1.29 is 24.2 Å². The van der Waals surface area contributed by atoms with Gasteiger partial charge in [0.2, 0.25) is 5.95 Å². The number of halogens is 1. The highest BCUT2D eigenvalue weighted by molar-refractivity contribution is 5.96. The molecule has 0 fully saturated rings. The Morgan fingerprint density at radius 3 is 2.45 bits per heavy atom. The highest BCUT2D eigenvalue weighted by atomic mass is 19.1. The van der Waals surface area contributed by atoms with Crippen LogP contribution in [0.5, 0.6) is 0 Å². The number of carboxylic acid groups (broad SMARTS) is 2. The summed E-state index contributed by atoms with van der Waals surface area (Å²) in [6.07, 6.45) is -2.62. The summed E-state index contributed by atoms with van der Waals surface area (Å²) in [5, 5.41) is 24.3. The standard InChI is InChI=1S/C18H14FN5O3.CH3NO2/c19-7-8-24(18(26)27)17-20-13-6-5-10(9-14(13)21-17)15-11-3-1-2-4-12(11)16(25)23-22-15;2-1(3)4/h1-6,9H,7-8H2,(H,20,21)(H,23,25)(H,26,27);2H2,(H,3,4). The highest BCUT2D eigenvalue weighted by Gasteiger charge is 2.18. The van der Waals surface area contributed by atoms with Gasteiger partial charge in [0, 0.05) is 10.9 Å². The van der Waals surface area contributed by atoms with Gasteiger partial charge in [0.15, 0.2) is 0 Å². The molecule has 0 unspecified atom stereocenters. The van der Waals surface area contributed by atoms with E-state index in [4.69, 9.17) is 9.90 Å². The number of benzene rings is 2. The van der Waals surface area contributed by atoms with Gasteiger partial charge in [0.25, 0.3) is 5.56 Å². The minimum Gasteiger partial charge on any atom is -0.465 e. The molecule has 2 heterocycles. The largest absolute Gasteiger partial charge is 0.465 e. The van der Waals surface area contributed by atoms with Gasteiger partial charge in [-0.1, -0.05) is 24.3 Å². The molecule has 11 nitrogen and oxygen atoms in total. The van der Waals surface area contributed by atoms with Gasteiger partial charge < -0.3 is 20.9 Å². The average Bonchev–Trinajstić information content (AvgIpc) is 3.14. The number of primary amides is 1. The van der Waals surface area contributed by atoms with Crippen LogP contribution in [0.3, 0.4) is 0 Å². The number of hydrogen-bond acceptors (Lipinski definition) is 5.